The average molecular weight is 373 g/mol. The van der Waals surface area contributed by atoms with Crippen LogP contribution in [0.1, 0.15) is 49.0 Å². The highest BCUT2D eigenvalue weighted by Crippen LogP contribution is 2.33. The molecule has 9 heteroatoms. The lowest BCUT2D eigenvalue weighted by Gasteiger charge is -2.22. The van der Waals surface area contributed by atoms with Crippen LogP contribution in [0.25, 0.3) is 0 Å². The van der Waals surface area contributed by atoms with Gasteiger partial charge in [0, 0.05) is 24.6 Å². The lowest BCUT2D eigenvalue weighted by atomic mass is 10.1. The van der Waals surface area contributed by atoms with Gasteiger partial charge in [0.1, 0.15) is 11.9 Å². The molecule has 1 aliphatic carbocycles. The van der Waals surface area contributed by atoms with Crippen LogP contribution in [0.2, 0.25) is 0 Å². The molecule has 1 atom stereocenters. The van der Waals surface area contributed by atoms with Gasteiger partial charge in [-0.25, -0.2) is 9.18 Å². The minimum Gasteiger partial charge on any atom is -0.337 e. The Morgan fingerprint density at radius 3 is 2.89 bits per heavy atom. The molecule has 0 bridgehead atoms. The number of hydrogen-bond acceptors (Lipinski definition) is 5. The van der Waals surface area contributed by atoms with Crippen molar-refractivity contribution in [2.75, 3.05) is 0 Å². The van der Waals surface area contributed by atoms with Gasteiger partial charge in [-0.05, 0) is 25.3 Å². The Morgan fingerprint density at radius 1 is 1.30 bits per heavy atom. The van der Waals surface area contributed by atoms with Crippen LogP contribution in [0.3, 0.4) is 0 Å². The summed E-state index contributed by atoms with van der Waals surface area (Å²) >= 11 is 0. The summed E-state index contributed by atoms with van der Waals surface area (Å²) < 4.78 is 19.2. The summed E-state index contributed by atoms with van der Waals surface area (Å²) in [5.74, 6) is 0.204. The quantitative estimate of drug-likeness (QED) is 0.807. The number of carbonyl (C=O) groups is 2. The largest absolute Gasteiger partial charge is 0.337 e. The van der Waals surface area contributed by atoms with Gasteiger partial charge >= 0.3 is 6.03 Å². The second kappa shape index (κ2) is 7.34. The molecule has 2 fully saturated rings. The molecule has 2 N–H and O–H groups in total. The number of halogens is 1. The third kappa shape index (κ3) is 4.07. The summed E-state index contributed by atoms with van der Waals surface area (Å²) in [4.78, 5) is 29.8. The molecule has 1 aromatic heterocycles. The van der Waals surface area contributed by atoms with E-state index in [1.54, 1.807) is 23.1 Å². The number of carbonyl (C=O) groups excluding carboxylic acids is 2. The number of nitrogens with one attached hydrogen (secondary N) is 2. The van der Waals surface area contributed by atoms with Gasteiger partial charge in [0.25, 0.3) is 0 Å². The van der Waals surface area contributed by atoms with E-state index in [1.165, 1.54) is 6.07 Å². The van der Waals surface area contributed by atoms with E-state index < -0.39 is 6.04 Å². The Bertz CT molecular complexity index is 851. The van der Waals surface area contributed by atoms with E-state index in [9.17, 15) is 14.0 Å². The van der Waals surface area contributed by atoms with Crippen molar-refractivity contribution < 1.29 is 18.5 Å². The monoisotopic (exact) mass is 373 g/mol. The number of hydrogen-bond donors (Lipinski definition) is 2. The van der Waals surface area contributed by atoms with Crippen molar-refractivity contribution in [3.05, 3.63) is 47.4 Å². The normalized spacial score (nSPS) is 19.4. The van der Waals surface area contributed by atoms with Crippen molar-refractivity contribution in [3.8, 4) is 0 Å². The fourth-order valence-electron chi connectivity index (χ4n) is 3.10. The van der Waals surface area contributed by atoms with E-state index in [0.717, 1.165) is 12.8 Å². The van der Waals surface area contributed by atoms with Crippen molar-refractivity contribution in [1.82, 2.24) is 25.7 Å². The average Bonchev–Trinajstić information content (AvgIpc) is 3.21. The van der Waals surface area contributed by atoms with Crippen LogP contribution >= 0.6 is 0 Å². The van der Waals surface area contributed by atoms with Crippen LogP contribution < -0.4 is 10.6 Å². The van der Waals surface area contributed by atoms with Gasteiger partial charge in [-0.2, -0.15) is 4.98 Å². The smallest absolute Gasteiger partial charge is 0.315 e. The molecule has 1 saturated heterocycles. The van der Waals surface area contributed by atoms with E-state index in [1.807, 2.05) is 0 Å². The van der Waals surface area contributed by atoms with Gasteiger partial charge in [-0.1, -0.05) is 23.4 Å². The van der Waals surface area contributed by atoms with Gasteiger partial charge in [0.2, 0.25) is 11.8 Å². The lowest BCUT2D eigenvalue weighted by Crippen LogP contribution is -2.36. The number of aromatic nitrogens is 2. The topological polar surface area (TPSA) is 100 Å². The van der Waals surface area contributed by atoms with E-state index >= 15 is 0 Å². The zero-order valence-corrected chi connectivity index (χ0v) is 14.7. The second-order valence-corrected chi connectivity index (χ2v) is 6.82. The van der Waals surface area contributed by atoms with Crippen molar-refractivity contribution in [2.24, 2.45) is 0 Å². The highest BCUT2D eigenvalue weighted by Gasteiger charge is 2.36. The van der Waals surface area contributed by atoms with Crippen molar-refractivity contribution in [3.63, 3.8) is 0 Å². The molecule has 8 nitrogen and oxygen atoms in total. The maximum atomic E-state index is 13.9. The Balaban J connectivity index is 1.40. The summed E-state index contributed by atoms with van der Waals surface area (Å²) in [6, 6.07) is 5.98. The predicted octanol–water partition coefficient (Wildman–Crippen LogP) is 2.03. The Kier molecular flexibility index (Phi) is 4.74. The van der Waals surface area contributed by atoms with Gasteiger partial charge in [0.05, 0.1) is 6.54 Å². The molecule has 1 aromatic carbocycles. The van der Waals surface area contributed by atoms with E-state index in [2.05, 4.69) is 20.8 Å². The predicted molar refractivity (Wildman–Crippen MR) is 91.6 cm³/mol. The molecular weight excluding hydrogens is 353 g/mol. The summed E-state index contributed by atoms with van der Waals surface area (Å²) in [5.41, 5.74) is 0.441. The van der Waals surface area contributed by atoms with Crippen LogP contribution in [-0.4, -0.2) is 33.0 Å². The number of benzene rings is 1. The Morgan fingerprint density at radius 2 is 2.11 bits per heavy atom. The molecule has 27 heavy (non-hydrogen) atoms. The fourth-order valence-corrected chi connectivity index (χ4v) is 3.10. The molecule has 3 amide bonds. The fraction of sp³-hybridized carbons (Fsp3) is 0.444. The first kappa shape index (κ1) is 17.4. The molecule has 2 heterocycles. The van der Waals surface area contributed by atoms with Gasteiger partial charge < -0.3 is 20.1 Å². The molecule has 0 unspecified atom stereocenters. The standard InChI is InChI=1S/C18H20FN5O3/c19-13-4-2-1-3-11(13)10-24-14(7-8-16(24)25)17-22-15(23-27-17)9-20-18(26)21-12-5-6-12/h1-4,12,14H,5-10H2,(H2,20,21,26)/t14-/m0/s1. The number of amides is 3. The van der Waals surface area contributed by atoms with Crippen LogP contribution in [-0.2, 0) is 17.9 Å². The molecule has 2 aliphatic rings. The highest BCUT2D eigenvalue weighted by atomic mass is 19.1. The summed E-state index contributed by atoms with van der Waals surface area (Å²) in [7, 11) is 0. The summed E-state index contributed by atoms with van der Waals surface area (Å²) in [5, 5.41) is 9.35. The second-order valence-electron chi connectivity index (χ2n) is 6.82. The summed E-state index contributed by atoms with van der Waals surface area (Å²) in [6.07, 6.45) is 2.89. The zero-order valence-electron chi connectivity index (χ0n) is 14.7. The first-order valence-corrected chi connectivity index (χ1v) is 9.00. The molecule has 0 spiro atoms. The Labute approximate surface area is 155 Å². The van der Waals surface area contributed by atoms with Gasteiger partial charge in [-0.15, -0.1) is 0 Å². The molecular formula is C18H20FN5O3. The van der Waals surface area contributed by atoms with E-state index in [4.69, 9.17) is 4.52 Å². The molecule has 4 rings (SSSR count). The Hall–Kier alpha value is -2.97. The van der Waals surface area contributed by atoms with Crippen LogP contribution in [0, 0.1) is 5.82 Å². The van der Waals surface area contributed by atoms with Crippen LogP contribution in [0.15, 0.2) is 28.8 Å². The number of likely N-dealkylation sites (tertiary alicyclic amines) is 1. The zero-order chi connectivity index (χ0) is 18.8. The summed E-state index contributed by atoms with van der Waals surface area (Å²) in [6.45, 7) is 0.284. The lowest BCUT2D eigenvalue weighted by molar-refractivity contribution is -0.130. The van der Waals surface area contributed by atoms with E-state index in [0.29, 0.717) is 30.1 Å². The highest BCUT2D eigenvalue weighted by molar-refractivity contribution is 5.78. The third-order valence-electron chi connectivity index (χ3n) is 4.72. The van der Waals surface area contributed by atoms with Gasteiger partial charge in [0.15, 0.2) is 5.82 Å². The first-order valence-electron chi connectivity index (χ1n) is 9.00. The van der Waals surface area contributed by atoms with E-state index in [-0.39, 0.29) is 36.9 Å². The molecule has 0 radical (unpaired) electrons. The maximum Gasteiger partial charge on any atom is 0.315 e. The van der Waals surface area contributed by atoms with Crippen LogP contribution in [0.4, 0.5) is 9.18 Å². The minimum atomic E-state index is -0.390. The van der Waals surface area contributed by atoms with Crippen LogP contribution in [0.5, 0.6) is 0 Å². The SMILES string of the molecule is O=C(NCc1noc([C@@H]2CCC(=O)N2Cc2ccccc2F)n1)NC1CC1. The van der Waals surface area contributed by atoms with Gasteiger partial charge in [-0.3, -0.25) is 4.79 Å². The van der Waals surface area contributed by atoms with Crippen molar-refractivity contribution in [1.29, 1.82) is 0 Å². The minimum absolute atomic E-state index is 0.0788. The first-order chi connectivity index (χ1) is 13.1. The number of rotatable bonds is 6. The van der Waals surface area contributed by atoms with Crippen molar-refractivity contribution in [2.45, 2.75) is 50.9 Å². The molecule has 1 aliphatic heterocycles. The number of nitrogens with zero attached hydrogens (tertiary/aromatic N) is 3. The number of urea groups is 1. The molecule has 1 saturated carbocycles. The third-order valence-corrected chi connectivity index (χ3v) is 4.72. The molecule has 142 valence electrons. The molecule has 2 aromatic rings. The van der Waals surface area contributed by atoms with Crippen molar-refractivity contribution >= 4 is 11.9 Å². The maximum absolute atomic E-state index is 13.9.